The van der Waals surface area contributed by atoms with Crippen molar-refractivity contribution in [2.45, 2.75) is 11.2 Å². The quantitative estimate of drug-likeness (QED) is 0.629. The van der Waals surface area contributed by atoms with Crippen LogP contribution in [0.3, 0.4) is 0 Å². The number of halogens is 4. The van der Waals surface area contributed by atoms with E-state index in [1.165, 1.54) is 12.1 Å². The van der Waals surface area contributed by atoms with Crippen LogP contribution in [0.4, 0.5) is 8.78 Å². The van der Waals surface area contributed by atoms with Gasteiger partial charge in [-0.05, 0) is 46.1 Å². The van der Waals surface area contributed by atoms with E-state index >= 15 is 0 Å². The van der Waals surface area contributed by atoms with Crippen LogP contribution in [-0.2, 0) is 6.42 Å². The number of hydrogen-bond donors (Lipinski definition) is 0. The second kappa shape index (κ2) is 5.93. The average molecular weight is 376 g/mol. The fourth-order valence-electron chi connectivity index (χ4n) is 1.74. The van der Waals surface area contributed by atoms with E-state index < -0.39 is 0 Å². The molecule has 0 aliphatic rings. The lowest BCUT2D eigenvalue weighted by Crippen LogP contribution is -1.99. The van der Waals surface area contributed by atoms with Gasteiger partial charge in [0.15, 0.2) is 0 Å². The third kappa shape index (κ3) is 3.18. The molecule has 0 heterocycles. The zero-order valence-corrected chi connectivity index (χ0v) is 12.5. The number of alkyl halides is 1. The molecule has 0 fully saturated rings. The van der Waals surface area contributed by atoms with Crippen LogP contribution in [0.5, 0.6) is 0 Å². The van der Waals surface area contributed by atoms with E-state index in [0.717, 1.165) is 5.56 Å². The second-order valence-corrected chi connectivity index (χ2v) is 5.90. The van der Waals surface area contributed by atoms with Gasteiger partial charge in [0.1, 0.15) is 11.6 Å². The van der Waals surface area contributed by atoms with Gasteiger partial charge in [0.25, 0.3) is 0 Å². The Morgan fingerprint density at radius 2 is 1.78 bits per heavy atom. The van der Waals surface area contributed by atoms with E-state index in [1.54, 1.807) is 24.3 Å². The topological polar surface area (TPSA) is 0 Å². The number of benzene rings is 2. The van der Waals surface area contributed by atoms with Crippen LogP contribution in [0.1, 0.15) is 16.0 Å². The van der Waals surface area contributed by atoms with Gasteiger partial charge in [-0.2, -0.15) is 0 Å². The molecule has 1 atom stereocenters. The maximum atomic E-state index is 13.9. The minimum atomic E-state index is -0.282. The van der Waals surface area contributed by atoms with E-state index in [-0.39, 0.29) is 16.5 Å². The first kappa shape index (κ1) is 13.7. The third-order valence-corrected chi connectivity index (χ3v) is 4.05. The molecule has 2 aromatic carbocycles. The Labute approximate surface area is 121 Å². The molecular formula is C14H10Br2F2. The molecule has 0 aliphatic heterocycles. The highest BCUT2D eigenvalue weighted by molar-refractivity contribution is 9.10. The van der Waals surface area contributed by atoms with Gasteiger partial charge in [-0.3, -0.25) is 0 Å². The maximum Gasteiger partial charge on any atom is 0.141 e. The molecule has 4 heteroatoms. The first-order valence-electron chi connectivity index (χ1n) is 5.40. The predicted octanol–water partition coefficient (Wildman–Crippen LogP) is 5.41. The highest BCUT2D eigenvalue weighted by atomic mass is 79.9. The average Bonchev–Trinajstić information content (AvgIpc) is 2.32. The Kier molecular flexibility index (Phi) is 4.51. The molecule has 0 N–H and O–H groups in total. The Morgan fingerprint density at radius 3 is 2.50 bits per heavy atom. The summed E-state index contributed by atoms with van der Waals surface area (Å²) in [5.41, 5.74) is 1.39. The Morgan fingerprint density at radius 1 is 1.06 bits per heavy atom. The lowest BCUT2D eigenvalue weighted by atomic mass is 10.0. The van der Waals surface area contributed by atoms with Crippen molar-refractivity contribution in [3.05, 3.63) is 69.7 Å². The first-order valence-corrected chi connectivity index (χ1v) is 7.11. The van der Waals surface area contributed by atoms with Gasteiger partial charge in [-0.1, -0.05) is 40.2 Å². The molecule has 1 unspecified atom stereocenters. The van der Waals surface area contributed by atoms with E-state index in [9.17, 15) is 8.78 Å². The van der Waals surface area contributed by atoms with E-state index in [4.69, 9.17) is 0 Å². The lowest BCUT2D eigenvalue weighted by molar-refractivity contribution is 0.600. The minimum absolute atomic E-state index is 0.184. The second-order valence-electron chi connectivity index (χ2n) is 3.94. The van der Waals surface area contributed by atoms with Gasteiger partial charge in [0, 0.05) is 10.4 Å². The largest absolute Gasteiger partial charge is 0.207 e. The zero-order chi connectivity index (χ0) is 13.1. The SMILES string of the molecule is Fc1cccc(CC(Br)c2cccc(Br)c2F)c1. The van der Waals surface area contributed by atoms with Gasteiger partial charge in [0.05, 0.1) is 4.47 Å². The molecule has 0 spiro atoms. The van der Waals surface area contributed by atoms with Gasteiger partial charge in [0.2, 0.25) is 0 Å². The molecule has 0 saturated carbocycles. The van der Waals surface area contributed by atoms with Gasteiger partial charge >= 0.3 is 0 Å². The number of hydrogen-bond acceptors (Lipinski definition) is 0. The lowest BCUT2D eigenvalue weighted by Gasteiger charge is -2.12. The van der Waals surface area contributed by atoms with Crippen LogP contribution >= 0.6 is 31.9 Å². The maximum absolute atomic E-state index is 13.9. The van der Waals surface area contributed by atoms with Crippen LogP contribution in [0.25, 0.3) is 0 Å². The summed E-state index contributed by atoms with van der Waals surface area (Å²) < 4.78 is 27.4. The summed E-state index contributed by atoms with van der Waals surface area (Å²) in [6, 6.07) is 11.5. The molecule has 2 aromatic rings. The minimum Gasteiger partial charge on any atom is -0.207 e. The molecule has 18 heavy (non-hydrogen) atoms. The number of rotatable bonds is 3. The van der Waals surface area contributed by atoms with Crippen molar-refractivity contribution in [3.8, 4) is 0 Å². The molecule has 0 aliphatic carbocycles. The van der Waals surface area contributed by atoms with Crippen LogP contribution in [-0.4, -0.2) is 0 Å². The Hall–Kier alpha value is -0.740. The Bertz CT molecular complexity index is 555. The van der Waals surface area contributed by atoms with E-state index in [2.05, 4.69) is 31.9 Å². The van der Waals surface area contributed by atoms with Crippen LogP contribution in [0.15, 0.2) is 46.9 Å². The van der Waals surface area contributed by atoms with Gasteiger partial charge < -0.3 is 0 Å². The molecule has 0 bridgehead atoms. The van der Waals surface area contributed by atoms with Crippen LogP contribution in [0.2, 0.25) is 0 Å². The highest BCUT2D eigenvalue weighted by Crippen LogP contribution is 2.31. The van der Waals surface area contributed by atoms with Crippen LogP contribution < -0.4 is 0 Å². The van der Waals surface area contributed by atoms with Crippen molar-refractivity contribution < 1.29 is 8.78 Å². The third-order valence-electron chi connectivity index (χ3n) is 2.62. The van der Waals surface area contributed by atoms with Crippen LogP contribution in [0, 0.1) is 11.6 Å². The van der Waals surface area contributed by atoms with Crippen molar-refractivity contribution in [2.24, 2.45) is 0 Å². The van der Waals surface area contributed by atoms with Crippen molar-refractivity contribution in [2.75, 3.05) is 0 Å². The zero-order valence-electron chi connectivity index (χ0n) is 9.34. The van der Waals surface area contributed by atoms with Gasteiger partial charge in [-0.25, -0.2) is 8.78 Å². The summed E-state index contributed by atoms with van der Waals surface area (Å²) in [6.45, 7) is 0. The molecule has 0 radical (unpaired) electrons. The highest BCUT2D eigenvalue weighted by Gasteiger charge is 2.15. The summed E-state index contributed by atoms with van der Waals surface area (Å²) in [6.07, 6.45) is 0.533. The molecule has 94 valence electrons. The van der Waals surface area contributed by atoms with E-state index in [1.807, 2.05) is 6.07 Å². The molecule has 0 amide bonds. The molecule has 0 saturated heterocycles. The summed E-state index contributed by atoms with van der Waals surface area (Å²) in [5, 5.41) is 0. The normalized spacial score (nSPS) is 12.4. The first-order chi connectivity index (χ1) is 8.58. The summed E-state index contributed by atoms with van der Waals surface area (Å²) >= 11 is 6.60. The molecular weight excluding hydrogens is 366 g/mol. The summed E-state index contributed by atoms with van der Waals surface area (Å²) in [5.74, 6) is -0.558. The van der Waals surface area contributed by atoms with Gasteiger partial charge in [-0.15, -0.1) is 0 Å². The van der Waals surface area contributed by atoms with E-state index in [0.29, 0.717) is 16.5 Å². The summed E-state index contributed by atoms with van der Waals surface area (Å²) in [4.78, 5) is -0.184. The monoisotopic (exact) mass is 374 g/mol. The molecule has 0 aromatic heterocycles. The van der Waals surface area contributed by atoms with Crippen molar-refractivity contribution in [3.63, 3.8) is 0 Å². The van der Waals surface area contributed by atoms with Crippen molar-refractivity contribution in [1.82, 2.24) is 0 Å². The van der Waals surface area contributed by atoms with Crippen molar-refractivity contribution >= 4 is 31.9 Å². The smallest absolute Gasteiger partial charge is 0.141 e. The summed E-state index contributed by atoms with van der Waals surface area (Å²) in [7, 11) is 0. The predicted molar refractivity (Wildman–Crippen MR) is 75.9 cm³/mol. The molecule has 0 nitrogen and oxygen atoms in total. The molecule has 2 rings (SSSR count). The fraction of sp³-hybridized carbons (Fsp3) is 0.143. The van der Waals surface area contributed by atoms with Crippen molar-refractivity contribution in [1.29, 1.82) is 0 Å². The standard InChI is InChI=1S/C14H10Br2F2/c15-12-6-2-5-11(14(12)18)13(16)8-9-3-1-4-10(17)7-9/h1-7,13H,8H2. The fourth-order valence-corrected chi connectivity index (χ4v) is 2.85. The Balaban J connectivity index is 2.22.